The molecular formula is C17H18FNO2. The summed E-state index contributed by atoms with van der Waals surface area (Å²) in [4.78, 5) is 14.1. The lowest BCUT2D eigenvalue weighted by molar-refractivity contribution is 0.0980. The molecule has 0 aliphatic heterocycles. The van der Waals surface area contributed by atoms with Gasteiger partial charge >= 0.3 is 0 Å². The second kappa shape index (κ2) is 6.88. The van der Waals surface area contributed by atoms with Crippen LogP contribution in [0.1, 0.15) is 30.1 Å². The third kappa shape index (κ3) is 3.40. The number of aromatic hydroxyl groups is 1. The Labute approximate surface area is 123 Å². The molecule has 0 fully saturated rings. The zero-order chi connectivity index (χ0) is 15.2. The number of amides is 1. The maximum atomic E-state index is 13.9. The molecular weight excluding hydrogens is 269 g/mol. The fraction of sp³-hybridized carbons (Fsp3) is 0.235. The molecule has 0 spiro atoms. The van der Waals surface area contributed by atoms with E-state index in [4.69, 9.17) is 0 Å². The fourth-order valence-corrected chi connectivity index (χ4v) is 2.13. The van der Waals surface area contributed by atoms with Crippen LogP contribution < -0.4 is 4.90 Å². The number of unbranched alkanes of at least 4 members (excludes halogenated alkanes) is 1. The summed E-state index contributed by atoms with van der Waals surface area (Å²) in [6, 6.07) is 13.0. The minimum Gasteiger partial charge on any atom is -0.507 e. The molecule has 1 amide bonds. The van der Waals surface area contributed by atoms with E-state index in [-0.39, 0.29) is 11.3 Å². The second-order valence-corrected chi connectivity index (χ2v) is 4.78. The number of hydrogen-bond donors (Lipinski definition) is 1. The van der Waals surface area contributed by atoms with Gasteiger partial charge in [-0.3, -0.25) is 4.79 Å². The normalized spacial score (nSPS) is 10.4. The summed E-state index contributed by atoms with van der Waals surface area (Å²) in [5, 5.41) is 9.80. The van der Waals surface area contributed by atoms with Crippen LogP contribution in [0.5, 0.6) is 5.75 Å². The van der Waals surface area contributed by atoms with Crippen molar-refractivity contribution in [2.45, 2.75) is 19.8 Å². The van der Waals surface area contributed by atoms with Gasteiger partial charge < -0.3 is 10.0 Å². The van der Waals surface area contributed by atoms with Crippen molar-refractivity contribution in [3.63, 3.8) is 0 Å². The predicted octanol–water partition coefficient (Wildman–Crippen LogP) is 3.98. The Hall–Kier alpha value is -2.36. The lowest BCUT2D eigenvalue weighted by Crippen LogP contribution is -2.32. The van der Waals surface area contributed by atoms with Gasteiger partial charge in [0.15, 0.2) is 0 Å². The Kier molecular flexibility index (Phi) is 4.93. The molecule has 0 saturated carbocycles. The molecule has 0 radical (unpaired) electrons. The van der Waals surface area contributed by atoms with Gasteiger partial charge in [-0.2, -0.15) is 0 Å². The van der Waals surface area contributed by atoms with Gasteiger partial charge in [-0.15, -0.1) is 0 Å². The highest BCUT2D eigenvalue weighted by Crippen LogP contribution is 2.25. The molecule has 0 aliphatic rings. The van der Waals surface area contributed by atoms with Crippen LogP contribution in [0.25, 0.3) is 0 Å². The zero-order valence-corrected chi connectivity index (χ0v) is 11.9. The molecule has 1 N–H and O–H groups in total. The van der Waals surface area contributed by atoms with Crippen LogP contribution in [0.15, 0.2) is 48.5 Å². The molecule has 0 unspecified atom stereocenters. The lowest BCUT2D eigenvalue weighted by atomic mass is 10.1. The Bertz CT molecular complexity index is 593. The molecule has 3 nitrogen and oxygen atoms in total. The van der Waals surface area contributed by atoms with Gasteiger partial charge in [-0.1, -0.05) is 37.6 Å². The number of para-hydroxylation sites is 1. The van der Waals surface area contributed by atoms with E-state index >= 15 is 0 Å². The summed E-state index contributed by atoms with van der Waals surface area (Å²) in [6.45, 7) is 2.50. The summed E-state index contributed by atoms with van der Waals surface area (Å²) in [6.07, 6.45) is 1.72. The van der Waals surface area contributed by atoms with Crippen molar-refractivity contribution in [1.82, 2.24) is 0 Å². The van der Waals surface area contributed by atoms with Gasteiger partial charge in [0, 0.05) is 12.2 Å². The monoisotopic (exact) mass is 287 g/mol. The summed E-state index contributed by atoms with van der Waals surface area (Å²) in [7, 11) is 0. The van der Waals surface area contributed by atoms with Crippen LogP contribution in [0.3, 0.4) is 0 Å². The molecule has 4 heteroatoms. The summed E-state index contributed by atoms with van der Waals surface area (Å²) < 4.78 is 13.9. The molecule has 0 bridgehead atoms. The zero-order valence-electron chi connectivity index (χ0n) is 11.9. The van der Waals surface area contributed by atoms with E-state index in [0.29, 0.717) is 12.2 Å². The van der Waals surface area contributed by atoms with Crippen LogP contribution in [-0.2, 0) is 0 Å². The first-order valence-corrected chi connectivity index (χ1v) is 6.99. The van der Waals surface area contributed by atoms with E-state index in [1.807, 2.05) is 25.1 Å². The molecule has 110 valence electrons. The van der Waals surface area contributed by atoms with Crippen molar-refractivity contribution in [3.05, 3.63) is 59.9 Å². The summed E-state index contributed by atoms with van der Waals surface area (Å²) in [5.41, 5.74) is 0.413. The van der Waals surface area contributed by atoms with Crippen molar-refractivity contribution in [2.24, 2.45) is 0 Å². The van der Waals surface area contributed by atoms with Crippen molar-refractivity contribution < 1.29 is 14.3 Å². The van der Waals surface area contributed by atoms with Crippen LogP contribution >= 0.6 is 0 Å². The highest BCUT2D eigenvalue weighted by Gasteiger charge is 2.23. The first-order chi connectivity index (χ1) is 10.1. The number of benzene rings is 2. The number of hydrogen-bond acceptors (Lipinski definition) is 2. The highest BCUT2D eigenvalue weighted by molar-refractivity contribution is 6.08. The smallest absolute Gasteiger partial charge is 0.265 e. The second-order valence-electron chi connectivity index (χ2n) is 4.78. The van der Waals surface area contributed by atoms with Crippen LogP contribution in [-0.4, -0.2) is 17.6 Å². The third-order valence-electron chi connectivity index (χ3n) is 3.25. The van der Waals surface area contributed by atoms with E-state index in [2.05, 4.69) is 0 Å². The number of nitrogens with zero attached hydrogens (tertiary/aromatic N) is 1. The predicted molar refractivity (Wildman–Crippen MR) is 81.1 cm³/mol. The first-order valence-electron chi connectivity index (χ1n) is 6.99. The minimum atomic E-state index is -0.711. The van der Waals surface area contributed by atoms with E-state index in [0.717, 1.165) is 12.8 Å². The van der Waals surface area contributed by atoms with Crippen molar-refractivity contribution in [1.29, 1.82) is 0 Å². The van der Waals surface area contributed by atoms with E-state index in [1.165, 1.54) is 23.1 Å². The molecule has 2 rings (SSSR count). The van der Waals surface area contributed by atoms with Crippen LogP contribution in [0, 0.1) is 5.82 Å². The van der Waals surface area contributed by atoms with Gasteiger partial charge in [0.2, 0.25) is 0 Å². The minimum absolute atomic E-state index is 0.280. The number of rotatable bonds is 5. The number of phenols is 1. The van der Waals surface area contributed by atoms with E-state index in [9.17, 15) is 14.3 Å². The Morgan fingerprint density at radius 2 is 1.86 bits per heavy atom. The number of halogens is 1. The van der Waals surface area contributed by atoms with Crippen LogP contribution in [0.2, 0.25) is 0 Å². The molecule has 0 atom stereocenters. The Balaban J connectivity index is 2.39. The maximum Gasteiger partial charge on any atom is 0.265 e. The van der Waals surface area contributed by atoms with Gasteiger partial charge in [-0.25, -0.2) is 4.39 Å². The van der Waals surface area contributed by atoms with E-state index in [1.54, 1.807) is 12.1 Å². The van der Waals surface area contributed by atoms with Gasteiger partial charge in [0.1, 0.15) is 17.1 Å². The van der Waals surface area contributed by atoms with Gasteiger partial charge in [0.05, 0.1) is 0 Å². The van der Waals surface area contributed by atoms with Crippen LogP contribution in [0.4, 0.5) is 10.1 Å². The maximum absolute atomic E-state index is 13.9. The first kappa shape index (κ1) is 15.0. The molecule has 0 aromatic heterocycles. The average Bonchev–Trinajstić information content (AvgIpc) is 2.48. The van der Waals surface area contributed by atoms with Gasteiger partial charge in [0.25, 0.3) is 5.91 Å². The Morgan fingerprint density at radius 1 is 1.14 bits per heavy atom. The largest absolute Gasteiger partial charge is 0.507 e. The standard InChI is InChI=1S/C17H18FNO2/c1-2-3-12-19(13-8-5-4-6-9-13)17(21)16-14(18)10-7-11-15(16)20/h4-11,20H,2-3,12H2,1H3. The SMILES string of the molecule is CCCCN(C(=O)c1c(O)cccc1F)c1ccccc1. The summed E-state index contributed by atoms with van der Waals surface area (Å²) >= 11 is 0. The molecule has 0 heterocycles. The average molecular weight is 287 g/mol. The Morgan fingerprint density at radius 3 is 2.48 bits per heavy atom. The highest BCUT2D eigenvalue weighted by atomic mass is 19.1. The molecule has 21 heavy (non-hydrogen) atoms. The van der Waals surface area contributed by atoms with Crippen molar-refractivity contribution in [2.75, 3.05) is 11.4 Å². The number of phenolic OH excluding ortho intramolecular Hbond substituents is 1. The van der Waals surface area contributed by atoms with E-state index < -0.39 is 11.7 Å². The van der Waals surface area contributed by atoms with Crippen molar-refractivity contribution in [3.8, 4) is 5.75 Å². The number of carbonyl (C=O) groups is 1. The summed E-state index contributed by atoms with van der Waals surface area (Å²) in [5.74, 6) is -1.57. The quantitative estimate of drug-likeness (QED) is 0.903. The molecule has 0 aliphatic carbocycles. The number of carbonyl (C=O) groups excluding carboxylic acids is 1. The van der Waals surface area contributed by atoms with Gasteiger partial charge in [-0.05, 0) is 30.7 Å². The topological polar surface area (TPSA) is 40.5 Å². The molecule has 0 saturated heterocycles. The van der Waals surface area contributed by atoms with Crippen molar-refractivity contribution >= 4 is 11.6 Å². The molecule has 2 aromatic carbocycles. The molecule has 2 aromatic rings. The lowest BCUT2D eigenvalue weighted by Gasteiger charge is -2.23. The fourth-order valence-electron chi connectivity index (χ4n) is 2.13. The third-order valence-corrected chi connectivity index (χ3v) is 3.25. The number of anilines is 1.